The molecular formula is C31H22O5. The fourth-order valence-electron chi connectivity index (χ4n) is 3.93. The normalized spacial score (nSPS) is 11.0. The SMILES string of the molecule is COc1ccc2oc(-c3ccccc3)c(C(=O)Oc3ccccc3C=CC(=O)c3ccccc3)c2c1. The van der Waals surface area contributed by atoms with Gasteiger partial charge in [-0.05, 0) is 36.4 Å². The van der Waals surface area contributed by atoms with Crippen molar-refractivity contribution in [1.29, 1.82) is 0 Å². The molecule has 36 heavy (non-hydrogen) atoms. The number of hydrogen-bond acceptors (Lipinski definition) is 5. The van der Waals surface area contributed by atoms with Gasteiger partial charge in [0.15, 0.2) is 5.78 Å². The summed E-state index contributed by atoms with van der Waals surface area (Å²) in [4.78, 5) is 26.1. The molecule has 0 N–H and O–H groups in total. The van der Waals surface area contributed by atoms with Crippen LogP contribution in [0.15, 0.2) is 114 Å². The summed E-state index contributed by atoms with van der Waals surface area (Å²) in [6.45, 7) is 0. The number of ether oxygens (including phenoxy) is 2. The third kappa shape index (κ3) is 4.68. The lowest BCUT2D eigenvalue weighted by Crippen LogP contribution is -2.10. The number of esters is 1. The Balaban J connectivity index is 1.51. The fourth-order valence-corrected chi connectivity index (χ4v) is 3.93. The fraction of sp³-hybridized carbons (Fsp3) is 0.0323. The first-order valence-electron chi connectivity index (χ1n) is 11.4. The zero-order chi connectivity index (χ0) is 24.9. The number of benzene rings is 4. The molecule has 0 unspecified atom stereocenters. The Labute approximate surface area is 208 Å². The first-order chi connectivity index (χ1) is 17.6. The zero-order valence-corrected chi connectivity index (χ0v) is 19.5. The summed E-state index contributed by atoms with van der Waals surface area (Å²) in [5.41, 5.74) is 2.77. The molecule has 5 rings (SSSR count). The van der Waals surface area contributed by atoms with Crippen LogP contribution in [0.4, 0.5) is 0 Å². The molecule has 5 heteroatoms. The molecular weight excluding hydrogens is 452 g/mol. The van der Waals surface area contributed by atoms with Gasteiger partial charge in [-0.2, -0.15) is 0 Å². The van der Waals surface area contributed by atoms with Gasteiger partial charge in [0, 0.05) is 22.1 Å². The summed E-state index contributed by atoms with van der Waals surface area (Å²) in [5, 5.41) is 0.588. The number of rotatable bonds is 7. The maximum atomic E-state index is 13.6. The summed E-state index contributed by atoms with van der Waals surface area (Å²) in [6, 6.07) is 30.7. The van der Waals surface area contributed by atoms with Gasteiger partial charge in [0.2, 0.25) is 0 Å². The van der Waals surface area contributed by atoms with E-state index in [1.807, 2.05) is 54.6 Å². The molecule has 0 atom stereocenters. The molecule has 5 nitrogen and oxygen atoms in total. The lowest BCUT2D eigenvalue weighted by molar-refractivity contribution is 0.0736. The average Bonchev–Trinajstić information content (AvgIpc) is 3.32. The summed E-state index contributed by atoms with van der Waals surface area (Å²) < 4.78 is 17.3. The lowest BCUT2D eigenvalue weighted by atomic mass is 10.1. The molecule has 0 aliphatic heterocycles. The van der Waals surface area contributed by atoms with Crippen molar-refractivity contribution in [2.45, 2.75) is 0 Å². The van der Waals surface area contributed by atoms with E-state index in [9.17, 15) is 9.59 Å². The number of ketones is 1. The number of allylic oxidation sites excluding steroid dienone is 1. The molecule has 0 aliphatic carbocycles. The van der Waals surface area contributed by atoms with Crippen LogP contribution in [0.1, 0.15) is 26.3 Å². The minimum atomic E-state index is -0.573. The van der Waals surface area contributed by atoms with E-state index < -0.39 is 5.97 Å². The molecule has 0 spiro atoms. The van der Waals surface area contributed by atoms with Gasteiger partial charge >= 0.3 is 5.97 Å². The Morgan fingerprint density at radius 2 is 1.50 bits per heavy atom. The Morgan fingerprint density at radius 1 is 0.806 bits per heavy atom. The second kappa shape index (κ2) is 10.2. The summed E-state index contributed by atoms with van der Waals surface area (Å²) in [5.74, 6) is 0.624. The van der Waals surface area contributed by atoms with Crippen LogP contribution in [-0.2, 0) is 0 Å². The van der Waals surface area contributed by atoms with Gasteiger partial charge in [0.1, 0.15) is 28.4 Å². The van der Waals surface area contributed by atoms with Crippen molar-refractivity contribution in [3.8, 4) is 22.8 Å². The van der Waals surface area contributed by atoms with E-state index in [2.05, 4.69) is 0 Å². The largest absolute Gasteiger partial charge is 0.497 e. The van der Waals surface area contributed by atoms with Gasteiger partial charge < -0.3 is 13.9 Å². The molecule has 0 fully saturated rings. The van der Waals surface area contributed by atoms with Crippen LogP contribution in [0.5, 0.6) is 11.5 Å². The molecule has 1 heterocycles. The van der Waals surface area contributed by atoms with Crippen molar-refractivity contribution in [3.05, 3.63) is 126 Å². The Morgan fingerprint density at radius 3 is 2.25 bits per heavy atom. The van der Waals surface area contributed by atoms with Crippen molar-refractivity contribution in [1.82, 2.24) is 0 Å². The number of furan rings is 1. The van der Waals surface area contributed by atoms with Gasteiger partial charge in [-0.1, -0.05) is 78.9 Å². The van der Waals surface area contributed by atoms with Crippen molar-refractivity contribution in [2.24, 2.45) is 0 Å². The third-order valence-electron chi connectivity index (χ3n) is 5.73. The first-order valence-corrected chi connectivity index (χ1v) is 11.4. The van der Waals surface area contributed by atoms with Crippen molar-refractivity contribution in [2.75, 3.05) is 7.11 Å². The van der Waals surface area contributed by atoms with Crippen LogP contribution in [0.3, 0.4) is 0 Å². The molecule has 4 aromatic carbocycles. The van der Waals surface area contributed by atoms with Crippen molar-refractivity contribution in [3.63, 3.8) is 0 Å². The van der Waals surface area contributed by atoms with E-state index in [0.29, 0.717) is 44.9 Å². The lowest BCUT2D eigenvalue weighted by Gasteiger charge is -2.08. The van der Waals surface area contributed by atoms with E-state index in [1.54, 1.807) is 61.7 Å². The summed E-state index contributed by atoms with van der Waals surface area (Å²) in [7, 11) is 1.57. The van der Waals surface area contributed by atoms with Gasteiger partial charge in [-0.3, -0.25) is 4.79 Å². The number of carbonyl (C=O) groups is 2. The van der Waals surface area contributed by atoms with Crippen LogP contribution in [-0.4, -0.2) is 18.9 Å². The second-order valence-electron chi connectivity index (χ2n) is 8.03. The molecule has 176 valence electrons. The van der Waals surface area contributed by atoms with E-state index in [0.717, 1.165) is 5.56 Å². The highest BCUT2D eigenvalue weighted by Crippen LogP contribution is 2.36. The molecule has 1 aromatic heterocycles. The van der Waals surface area contributed by atoms with Gasteiger partial charge in [-0.15, -0.1) is 0 Å². The third-order valence-corrected chi connectivity index (χ3v) is 5.73. The summed E-state index contributed by atoms with van der Waals surface area (Å²) >= 11 is 0. The quantitative estimate of drug-likeness (QED) is 0.108. The van der Waals surface area contributed by atoms with E-state index >= 15 is 0 Å². The minimum Gasteiger partial charge on any atom is -0.497 e. The standard InChI is InChI=1S/C31H22O5/c1-34-24-17-19-28-25(20-24)29(30(35-28)23-13-6-3-7-14-23)31(33)36-27-15-9-8-12-22(27)16-18-26(32)21-10-4-2-5-11-21/h2-20H,1H3. The van der Waals surface area contributed by atoms with Gasteiger partial charge in [0.05, 0.1) is 7.11 Å². The van der Waals surface area contributed by atoms with Crippen LogP contribution in [0.2, 0.25) is 0 Å². The maximum Gasteiger partial charge on any atom is 0.348 e. The Bertz CT molecular complexity index is 1560. The van der Waals surface area contributed by atoms with E-state index in [4.69, 9.17) is 13.9 Å². The van der Waals surface area contributed by atoms with E-state index in [1.165, 1.54) is 6.08 Å². The van der Waals surface area contributed by atoms with Crippen molar-refractivity contribution < 1.29 is 23.5 Å². The number of carbonyl (C=O) groups excluding carboxylic acids is 2. The Kier molecular flexibility index (Phi) is 6.45. The number of hydrogen-bond donors (Lipinski definition) is 0. The number of fused-ring (bicyclic) bond motifs is 1. The molecule has 0 saturated carbocycles. The number of para-hydroxylation sites is 1. The second-order valence-corrected chi connectivity index (χ2v) is 8.03. The van der Waals surface area contributed by atoms with Crippen LogP contribution >= 0.6 is 0 Å². The van der Waals surface area contributed by atoms with Gasteiger partial charge in [-0.25, -0.2) is 4.79 Å². The predicted molar refractivity (Wildman–Crippen MR) is 139 cm³/mol. The average molecular weight is 475 g/mol. The molecule has 0 aliphatic rings. The molecule has 0 saturated heterocycles. The summed E-state index contributed by atoms with van der Waals surface area (Å²) in [6.07, 6.45) is 3.11. The van der Waals surface area contributed by atoms with Crippen molar-refractivity contribution >= 4 is 28.8 Å². The zero-order valence-electron chi connectivity index (χ0n) is 19.5. The molecule has 0 radical (unpaired) electrons. The highest BCUT2D eigenvalue weighted by Gasteiger charge is 2.25. The highest BCUT2D eigenvalue weighted by atomic mass is 16.5. The molecule has 0 bridgehead atoms. The smallest absolute Gasteiger partial charge is 0.348 e. The van der Waals surface area contributed by atoms with E-state index in [-0.39, 0.29) is 5.78 Å². The molecule has 0 amide bonds. The van der Waals surface area contributed by atoms with Crippen LogP contribution in [0, 0.1) is 0 Å². The van der Waals surface area contributed by atoms with Gasteiger partial charge in [0.25, 0.3) is 0 Å². The van der Waals surface area contributed by atoms with Crippen LogP contribution < -0.4 is 9.47 Å². The molecule has 5 aromatic rings. The minimum absolute atomic E-state index is 0.143. The first kappa shape index (κ1) is 22.9. The monoisotopic (exact) mass is 474 g/mol. The predicted octanol–water partition coefficient (Wildman–Crippen LogP) is 7.22. The number of methoxy groups -OCH3 is 1. The van der Waals surface area contributed by atoms with Crippen LogP contribution in [0.25, 0.3) is 28.4 Å². The topological polar surface area (TPSA) is 65.7 Å². The Hall–Kier alpha value is -4.90. The highest BCUT2D eigenvalue weighted by molar-refractivity contribution is 6.10. The maximum absolute atomic E-state index is 13.6.